The van der Waals surface area contributed by atoms with Crippen molar-refractivity contribution in [3.05, 3.63) is 23.8 Å². The third kappa shape index (κ3) is 1.86. The van der Waals surface area contributed by atoms with E-state index in [1.807, 2.05) is 0 Å². The summed E-state index contributed by atoms with van der Waals surface area (Å²) in [7, 11) is 1.07. The molecule has 1 aromatic carbocycles. The average Bonchev–Trinajstić information content (AvgIpc) is 2.59. The first-order chi connectivity index (χ1) is 7.00. The van der Waals surface area contributed by atoms with Crippen molar-refractivity contribution in [2.75, 3.05) is 0 Å². The van der Waals surface area contributed by atoms with E-state index in [1.165, 1.54) is 18.2 Å². The number of rotatable bonds is 2. The second-order valence-electron chi connectivity index (χ2n) is 2.76. The molecule has 0 radical (unpaired) electrons. The molecule has 2 aromatic rings. The zero-order chi connectivity index (χ0) is 11.1. The van der Waals surface area contributed by atoms with Gasteiger partial charge in [-0.25, -0.2) is 8.42 Å². The molecule has 0 aliphatic carbocycles. The van der Waals surface area contributed by atoms with Crippen LogP contribution >= 0.6 is 10.7 Å². The van der Waals surface area contributed by atoms with Gasteiger partial charge in [0.05, 0.1) is 0 Å². The minimum absolute atomic E-state index is 0.264. The van der Waals surface area contributed by atoms with Gasteiger partial charge in [0.2, 0.25) is 0 Å². The Bertz CT molecular complexity index is 631. The van der Waals surface area contributed by atoms with Crippen LogP contribution in [0.25, 0.3) is 11.1 Å². The van der Waals surface area contributed by atoms with Crippen LogP contribution in [0.2, 0.25) is 0 Å². The van der Waals surface area contributed by atoms with Gasteiger partial charge in [0.1, 0.15) is 11.8 Å². The van der Waals surface area contributed by atoms with Crippen LogP contribution < -0.4 is 0 Å². The fraction of sp³-hybridized carbons (Fsp3) is 0. The summed E-state index contributed by atoms with van der Waals surface area (Å²) in [6.07, 6.45) is 0.628. The summed E-state index contributed by atoms with van der Waals surface area (Å²) in [5.74, 6) is 0. The number of hydrogen-bond donors (Lipinski definition) is 0. The highest BCUT2D eigenvalue weighted by Gasteiger charge is 2.18. The lowest BCUT2D eigenvalue weighted by molar-refractivity contribution is 0.112. The number of fused-ring (bicyclic) bond motifs is 1. The largest absolute Gasteiger partial charge is 0.427 e. The maximum absolute atomic E-state index is 10.9. The molecule has 1 heterocycles. The Hall–Kier alpha value is -1.40. The van der Waals surface area contributed by atoms with Gasteiger partial charge in [-0.2, -0.15) is 4.98 Å². The Morgan fingerprint density at radius 1 is 1.40 bits per heavy atom. The van der Waals surface area contributed by atoms with Crippen LogP contribution in [-0.4, -0.2) is 19.7 Å². The van der Waals surface area contributed by atoms with E-state index >= 15 is 0 Å². The quantitative estimate of drug-likeness (QED) is 0.593. The number of benzene rings is 1. The summed E-state index contributed by atoms with van der Waals surface area (Å²) in [6.45, 7) is 0. The third-order valence-corrected chi connectivity index (χ3v) is 2.72. The Balaban J connectivity index is 2.71. The van der Waals surface area contributed by atoms with Crippen molar-refractivity contribution in [2.45, 2.75) is 5.22 Å². The summed E-state index contributed by atoms with van der Waals surface area (Å²) in [6, 6.07) is 4.36. The van der Waals surface area contributed by atoms with Crippen LogP contribution in [0.3, 0.4) is 0 Å². The van der Waals surface area contributed by atoms with Gasteiger partial charge in [0.25, 0.3) is 0 Å². The van der Waals surface area contributed by atoms with E-state index < -0.39 is 14.3 Å². The van der Waals surface area contributed by atoms with Crippen LogP contribution in [0.5, 0.6) is 0 Å². The number of carbonyl (C=O) groups excluding carboxylic acids is 1. The lowest BCUT2D eigenvalue weighted by Crippen LogP contribution is -1.88. The predicted molar refractivity (Wildman–Crippen MR) is 52.4 cm³/mol. The van der Waals surface area contributed by atoms with Gasteiger partial charge in [-0.15, -0.1) is 0 Å². The summed E-state index contributed by atoms with van der Waals surface area (Å²) in [4.78, 5) is 14.1. The molecule has 0 aliphatic heterocycles. The van der Waals surface area contributed by atoms with Gasteiger partial charge in [-0.1, -0.05) is 0 Å². The lowest BCUT2D eigenvalue weighted by atomic mass is 10.2. The Labute approximate surface area is 89.1 Å². The van der Waals surface area contributed by atoms with Gasteiger partial charge in [0, 0.05) is 16.2 Å². The van der Waals surface area contributed by atoms with Crippen molar-refractivity contribution in [3.63, 3.8) is 0 Å². The minimum Gasteiger partial charge on any atom is -0.427 e. The van der Waals surface area contributed by atoms with E-state index in [0.717, 1.165) is 0 Å². The molecule has 0 atom stereocenters. The van der Waals surface area contributed by atoms with Crippen molar-refractivity contribution >= 4 is 37.1 Å². The maximum Gasteiger partial charge on any atom is 0.332 e. The van der Waals surface area contributed by atoms with Gasteiger partial charge < -0.3 is 4.42 Å². The molecule has 1 aromatic heterocycles. The van der Waals surface area contributed by atoms with Crippen LogP contribution in [-0.2, 0) is 9.05 Å². The second kappa shape index (κ2) is 3.32. The van der Waals surface area contributed by atoms with E-state index in [1.54, 1.807) is 0 Å². The van der Waals surface area contributed by atoms with Crippen molar-refractivity contribution in [1.29, 1.82) is 0 Å². The van der Waals surface area contributed by atoms with Gasteiger partial charge in [-0.3, -0.25) is 4.79 Å². The Morgan fingerprint density at radius 2 is 2.13 bits per heavy atom. The fourth-order valence-corrected chi connectivity index (χ4v) is 1.70. The standard InChI is InChI=1S/C8H4ClNO4S/c9-15(12,13)8-10-6-3-5(4-11)1-2-7(6)14-8/h1-4H. The number of aromatic nitrogens is 1. The molecule has 0 N–H and O–H groups in total. The molecular formula is C8H4ClNO4S. The average molecular weight is 246 g/mol. The van der Waals surface area contributed by atoms with Crippen LogP contribution in [0.4, 0.5) is 0 Å². The van der Waals surface area contributed by atoms with Gasteiger partial charge in [-0.05, 0) is 18.2 Å². The first-order valence-electron chi connectivity index (χ1n) is 3.81. The summed E-state index contributed by atoms with van der Waals surface area (Å²) in [5, 5.41) is -0.567. The van der Waals surface area contributed by atoms with Gasteiger partial charge in [0.15, 0.2) is 5.58 Å². The van der Waals surface area contributed by atoms with E-state index in [2.05, 4.69) is 4.98 Å². The molecule has 0 fully saturated rings. The highest BCUT2D eigenvalue weighted by molar-refractivity contribution is 8.13. The van der Waals surface area contributed by atoms with E-state index in [-0.39, 0.29) is 11.1 Å². The number of hydrogen-bond acceptors (Lipinski definition) is 5. The molecule has 0 amide bonds. The summed E-state index contributed by atoms with van der Waals surface area (Å²) < 4.78 is 26.7. The molecule has 15 heavy (non-hydrogen) atoms. The highest BCUT2D eigenvalue weighted by Crippen LogP contribution is 2.21. The molecule has 78 valence electrons. The van der Waals surface area contributed by atoms with Crippen LogP contribution in [0.15, 0.2) is 27.8 Å². The summed E-state index contributed by atoms with van der Waals surface area (Å²) in [5.41, 5.74) is 0.924. The Kier molecular flexibility index (Phi) is 2.24. The molecule has 0 saturated heterocycles. The zero-order valence-corrected chi connectivity index (χ0v) is 8.75. The molecule has 0 spiro atoms. The zero-order valence-electron chi connectivity index (χ0n) is 7.18. The molecule has 0 unspecified atom stereocenters. The van der Waals surface area contributed by atoms with Crippen LogP contribution in [0, 0.1) is 0 Å². The molecule has 2 rings (SSSR count). The minimum atomic E-state index is -3.98. The molecule has 7 heteroatoms. The van der Waals surface area contributed by atoms with Crippen LogP contribution in [0.1, 0.15) is 10.4 Å². The number of oxazole rings is 1. The van der Waals surface area contributed by atoms with E-state index in [0.29, 0.717) is 11.8 Å². The summed E-state index contributed by atoms with van der Waals surface area (Å²) >= 11 is 0. The monoisotopic (exact) mass is 245 g/mol. The fourth-order valence-electron chi connectivity index (χ4n) is 1.10. The smallest absolute Gasteiger partial charge is 0.332 e. The third-order valence-electron chi connectivity index (χ3n) is 1.74. The predicted octanol–water partition coefficient (Wildman–Crippen LogP) is 1.57. The van der Waals surface area contributed by atoms with E-state index in [9.17, 15) is 13.2 Å². The molecule has 0 bridgehead atoms. The highest BCUT2D eigenvalue weighted by atomic mass is 35.7. The maximum atomic E-state index is 10.9. The Morgan fingerprint density at radius 3 is 2.73 bits per heavy atom. The number of aldehydes is 1. The number of nitrogens with zero attached hydrogens (tertiary/aromatic N) is 1. The van der Waals surface area contributed by atoms with Crippen molar-refractivity contribution in [3.8, 4) is 0 Å². The lowest BCUT2D eigenvalue weighted by Gasteiger charge is -1.86. The van der Waals surface area contributed by atoms with Gasteiger partial charge >= 0.3 is 14.3 Å². The SMILES string of the molecule is O=Cc1ccc2oc(S(=O)(=O)Cl)nc2c1. The number of halogens is 1. The topological polar surface area (TPSA) is 77.2 Å². The first kappa shape index (κ1) is 10.1. The normalized spacial score (nSPS) is 11.8. The van der Waals surface area contributed by atoms with Crippen molar-refractivity contribution < 1.29 is 17.6 Å². The first-order valence-corrected chi connectivity index (χ1v) is 6.12. The molecule has 0 saturated carbocycles. The van der Waals surface area contributed by atoms with Crippen molar-refractivity contribution in [1.82, 2.24) is 4.98 Å². The van der Waals surface area contributed by atoms with Crippen molar-refractivity contribution in [2.24, 2.45) is 0 Å². The molecule has 0 aliphatic rings. The second-order valence-corrected chi connectivity index (χ2v) is 5.21. The molecular weight excluding hydrogens is 242 g/mol. The number of carbonyl (C=O) groups is 1. The molecule has 5 nitrogen and oxygen atoms in total. The van der Waals surface area contributed by atoms with E-state index in [4.69, 9.17) is 15.1 Å².